The summed E-state index contributed by atoms with van der Waals surface area (Å²) in [6.07, 6.45) is 17.5. The van der Waals surface area contributed by atoms with Gasteiger partial charge < -0.3 is 4.57 Å². The Morgan fingerprint density at radius 3 is 3.09 bits per heavy atom. The highest BCUT2D eigenvalue weighted by Gasteiger charge is 2.40. The van der Waals surface area contributed by atoms with Crippen LogP contribution < -0.4 is 0 Å². The summed E-state index contributed by atoms with van der Waals surface area (Å²) in [4.78, 5) is 4.20. The van der Waals surface area contributed by atoms with Crippen molar-refractivity contribution in [3.8, 4) is 0 Å². The van der Waals surface area contributed by atoms with E-state index in [1.807, 2.05) is 12.5 Å². The number of aromatic nitrogens is 2. The zero-order valence-corrected chi connectivity index (χ0v) is 14.1. The van der Waals surface area contributed by atoms with Gasteiger partial charge in [-0.1, -0.05) is 44.0 Å². The smallest absolute Gasteiger partial charge is 0.0948 e. The van der Waals surface area contributed by atoms with Crippen molar-refractivity contribution >= 4 is 6.08 Å². The summed E-state index contributed by atoms with van der Waals surface area (Å²) in [5.41, 5.74) is 6.74. The summed E-state index contributed by atoms with van der Waals surface area (Å²) in [6.45, 7) is 3.30. The van der Waals surface area contributed by atoms with E-state index in [0.717, 1.165) is 6.54 Å². The van der Waals surface area contributed by atoms with Gasteiger partial charge in [0.25, 0.3) is 0 Å². The molecule has 0 bridgehead atoms. The van der Waals surface area contributed by atoms with Gasteiger partial charge in [0.15, 0.2) is 0 Å². The van der Waals surface area contributed by atoms with Crippen LogP contribution in [0, 0.1) is 0 Å². The molecule has 1 aromatic carbocycles. The molecule has 0 spiro atoms. The summed E-state index contributed by atoms with van der Waals surface area (Å²) in [7, 11) is 0. The summed E-state index contributed by atoms with van der Waals surface area (Å²) < 4.78 is 2.21. The molecule has 1 unspecified atom stereocenters. The second-order valence-corrected chi connectivity index (χ2v) is 7.33. The SMILES string of the molecule is CCCCC12CCCc3cccc(c31)C=C(Cn1ccnc1)C2. The van der Waals surface area contributed by atoms with Crippen LogP contribution in [-0.2, 0) is 18.4 Å². The van der Waals surface area contributed by atoms with Crippen molar-refractivity contribution < 1.29 is 0 Å². The molecule has 0 aliphatic heterocycles. The topological polar surface area (TPSA) is 17.8 Å². The first kappa shape index (κ1) is 14.7. The van der Waals surface area contributed by atoms with Gasteiger partial charge >= 0.3 is 0 Å². The van der Waals surface area contributed by atoms with Crippen LogP contribution in [0.4, 0.5) is 0 Å². The molecule has 2 aliphatic rings. The molecule has 0 amide bonds. The van der Waals surface area contributed by atoms with Gasteiger partial charge in [0.1, 0.15) is 0 Å². The number of aryl methyl sites for hydroxylation is 1. The van der Waals surface area contributed by atoms with E-state index >= 15 is 0 Å². The van der Waals surface area contributed by atoms with E-state index in [-0.39, 0.29) is 0 Å². The van der Waals surface area contributed by atoms with Crippen molar-refractivity contribution in [2.75, 3.05) is 0 Å². The first-order valence-corrected chi connectivity index (χ1v) is 9.08. The lowest BCUT2D eigenvalue weighted by Gasteiger charge is -2.44. The highest BCUT2D eigenvalue weighted by molar-refractivity contribution is 5.65. The van der Waals surface area contributed by atoms with Gasteiger partial charge in [-0.2, -0.15) is 0 Å². The van der Waals surface area contributed by atoms with E-state index in [1.165, 1.54) is 50.5 Å². The number of imidazole rings is 1. The maximum absolute atomic E-state index is 4.20. The molecular formula is C21H26N2. The summed E-state index contributed by atoms with van der Waals surface area (Å²) in [5, 5.41) is 0. The van der Waals surface area contributed by atoms with Gasteiger partial charge in [-0.15, -0.1) is 0 Å². The highest BCUT2D eigenvalue weighted by atomic mass is 15.0. The van der Waals surface area contributed by atoms with E-state index in [9.17, 15) is 0 Å². The van der Waals surface area contributed by atoms with Crippen LogP contribution in [0.1, 0.15) is 62.1 Å². The maximum Gasteiger partial charge on any atom is 0.0948 e. The van der Waals surface area contributed by atoms with Gasteiger partial charge in [0.2, 0.25) is 0 Å². The second-order valence-electron chi connectivity index (χ2n) is 7.33. The normalized spacial score (nSPS) is 22.6. The Bertz CT molecular complexity index is 711. The summed E-state index contributed by atoms with van der Waals surface area (Å²) in [5.74, 6) is 0. The van der Waals surface area contributed by atoms with Crippen molar-refractivity contribution in [3.05, 3.63) is 59.2 Å². The minimum atomic E-state index is 0.394. The average Bonchev–Trinajstić information content (AvgIpc) is 3.06. The van der Waals surface area contributed by atoms with Crippen LogP contribution >= 0.6 is 0 Å². The first-order valence-electron chi connectivity index (χ1n) is 9.08. The van der Waals surface area contributed by atoms with Crippen LogP contribution in [0.25, 0.3) is 6.08 Å². The maximum atomic E-state index is 4.20. The molecule has 4 rings (SSSR count). The number of allylic oxidation sites excluding steroid dienone is 1. The Morgan fingerprint density at radius 2 is 2.26 bits per heavy atom. The monoisotopic (exact) mass is 306 g/mol. The van der Waals surface area contributed by atoms with Crippen LogP contribution in [-0.4, -0.2) is 9.55 Å². The molecule has 120 valence electrons. The van der Waals surface area contributed by atoms with Gasteiger partial charge in [0.05, 0.1) is 6.33 Å². The Hall–Kier alpha value is -1.83. The van der Waals surface area contributed by atoms with E-state index < -0.39 is 0 Å². The fourth-order valence-electron chi connectivity index (χ4n) is 4.79. The summed E-state index contributed by atoms with van der Waals surface area (Å²) >= 11 is 0. The van der Waals surface area contributed by atoms with E-state index in [1.54, 1.807) is 16.7 Å². The largest absolute Gasteiger partial charge is 0.333 e. The van der Waals surface area contributed by atoms with Crippen molar-refractivity contribution in [2.45, 2.75) is 63.8 Å². The molecular weight excluding hydrogens is 280 g/mol. The van der Waals surface area contributed by atoms with Crippen molar-refractivity contribution in [3.63, 3.8) is 0 Å². The molecule has 0 saturated carbocycles. The zero-order chi connectivity index (χ0) is 15.7. The van der Waals surface area contributed by atoms with E-state index in [2.05, 4.69) is 46.9 Å². The third-order valence-corrected chi connectivity index (χ3v) is 5.69. The minimum Gasteiger partial charge on any atom is -0.333 e. The predicted molar refractivity (Wildman–Crippen MR) is 95.4 cm³/mol. The molecule has 0 radical (unpaired) electrons. The lowest BCUT2D eigenvalue weighted by molar-refractivity contribution is 0.314. The van der Waals surface area contributed by atoms with Crippen LogP contribution in [0.15, 0.2) is 42.5 Å². The fourth-order valence-corrected chi connectivity index (χ4v) is 4.79. The minimum absolute atomic E-state index is 0.394. The first-order chi connectivity index (χ1) is 11.3. The number of hydrogen-bond donors (Lipinski definition) is 0. The third kappa shape index (κ3) is 2.65. The molecule has 0 fully saturated rings. The Morgan fingerprint density at radius 1 is 1.30 bits per heavy atom. The molecule has 2 heteroatoms. The van der Waals surface area contributed by atoms with E-state index in [4.69, 9.17) is 0 Å². The molecule has 1 heterocycles. The van der Waals surface area contributed by atoms with Gasteiger partial charge in [-0.25, -0.2) is 4.98 Å². The van der Waals surface area contributed by atoms with E-state index in [0.29, 0.717) is 5.41 Å². The second kappa shape index (κ2) is 5.99. The lowest BCUT2D eigenvalue weighted by atomic mass is 9.60. The van der Waals surface area contributed by atoms with Crippen molar-refractivity contribution in [1.29, 1.82) is 0 Å². The Balaban J connectivity index is 1.76. The third-order valence-electron chi connectivity index (χ3n) is 5.69. The van der Waals surface area contributed by atoms with Crippen molar-refractivity contribution in [1.82, 2.24) is 9.55 Å². The molecule has 2 nitrogen and oxygen atoms in total. The number of rotatable bonds is 5. The lowest BCUT2D eigenvalue weighted by Crippen LogP contribution is -2.35. The Labute approximate surface area is 139 Å². The van der Waals surface area contributed by atoms with Gasteiger partial charge in [-0.3, -0.25) is 0 Å². The van der Waals surface area contributed by atoms with Crippen LogP contribution in [0.5, 0.6) is 0 Å². The Kier molecular flexibility index (Phi) is 3.84. The quantitative estimate of drug-likeness (QED) is 0.748. The number of nitrogens with zero attached hydrogens (tertiary/aromatic N) is 2. The summed E-state index contributed by atoms with van der Waals surface area (Å²) in [6, 6.07) is 6.95. The number of hydrogen-bond acceptors (Lipinski definition) is 1. The predicted octanol–water partition coefficient (Wildman–Crippen LogP) is 5.13. The number of unbranched alkanes of at least 4 members (excludes halogenated alkanes) is 1. The highest BCUT2D eigenvalue weighted by Crippen LogP contribution is 2.50. The van der Waals surface area contributed by atoms with Crippen LogP contribution in [0.2, 0.25) is 0 Å². The van der Waals surface area contributed by atoms with Crippen LogP contribution in [0.3, 0.4) is 0 Å². The van der Waals surface area contributed by atoms with Gasteiger partial charge in [0, 0.05) is 18.9 Å². The fraction of sp³-hybridized carbons (Fsp3) is 0.476. The molecule has 23 heavy (non-hydrogen) atoms. The molecule has 0 saturated heterocycles. The molecule has 1 atom stereocenters. The standard InChI is InChI=1S/C21H26N2/c1-2-3-9-21-10-5-8-18-6-4-7-19(20(18)21)13-17(14-21)15-23-12-11-22-16-23/h4,6-7,11-13,16H,2-3,5,8-10,14-15H2,1H3. The molecule has 2 aliphatic carbocycles. The number of benzene rings is 1. The van der Waals surface area contributed by atoms with Gasteiger partial charge in [-0.05, 0) is 59.8 Å². The molecule has 2 aromatic rings. The molecule has 1 aromatic heterocycles. The zero-order valence-electron chi connectivity index (χ0n) is 14.1. The molecule has 0 N–H and O–H groups in total. The van der Waals surface area contributed by atoms with Crippen molar-refractivity contribution in [2.24, 2.45) is 0 Å². The average molecular weight is 306 g/mol.